The lowest BCUT2D eigenvalue weighted by Crippen LogP contribution is -2.66. The second-order valence-corrected chi connectivity index (χ2v) is 18.1. The molecule has 2 aromatic rings. The van der Waals surface area contributed by atoms with Crippen molar-refractivity contribution in [2.45, 2.75) is 52.2 Å². The molecule has 2 rings (SSSR count). The maximum Gasteiger partial charge on any atom is 0.407 e. The molecule has 0 radical (unpaired) electrons. The molecule has 296 valence electrons. The minimum Gasteiger partial charge on any atom is -0.444 e. The minimum atomic E-state index is -2.54. The SMILES string of the molecule is CC(C)(C)OC(=O)NCCOCCOCCOCCOCCOCCOCCOCCOCCO[Si](c1ccccc1)(c1ccccc1)C(C)(C)C. The molecule has 52 heavy (non-hydrogen) atoms. The summed E-state index contributed by atoms with van der Waals surface area (Å²) in [6.45, 7) is 20.9. The molecule has 0 spiro atoms. The zero-order chi connectivity index (χ0) is 37.8. The Hall–Kier alpha value is -2.43. The van der Waals surface area contributed by atoms with Crippen LogP contribution in [0, 0.1) is 0 Å². The second-order valence-electron chi connectivity index (χ2n) is 13.8. The number of hydrogen-bond acceptors (Lipinski definition) is 11. The summed E-state index contributed by atoms with van der Waals surface area (Å²) in [5.41, 5.74) is -0.513. The third-order valence-corrected chi connectivity index (χ3v) is 12.5. The molecule has 13 heteroatoms. The van der Waals surface area contributed by atoms with Crippen LogP contribution in [-0.2, 0) is 47.1 Å². The lowest BCUT2D eigenvalue weighted by atomic mass is 10.2. The molecular weight excluding hydrogens is 687 g/mol. The van der Waals surface area contributed by atoms with Crippen molar-refractivity contribution in [3.05, 3.63) is 60.7 Å². The third-order valence-electron chi connectivity index (χ3n) is 7.48. The average molecular weight is 752 g/mol. The van der Waals surface area contributed by atoms with Gasteiger partial charge in [-0.3, -0.25) is 0 Å². The van der Waals surface area contributed by atoms with E-state index in [1.165, 1.54) is 10.4 Å². The van der Waals surface area contributed by atoms with E-state index >= 15 is 0 Å². The van der Waals surface area contributed by atoms with Crippen LogP contribution in [0.25, 0.3) is 0 Å². The zero-order valence-electron chi connectivity index (χ0n) is 32.5. The van der Waals surface area contributed by atoms with E-state index in [2.05, 4.69) is 86.8 Å². The highest BCUT2D eigenvalue weighted by atomic mass is 28.4. The van der Waals surface area contributed by atoms with E-state index in [1.54, 1.807) is 0 Å². The summed E-state index contributed by atoms with van der Waals surface area (Å²) < 4.78 is 56.4. The van der Waals surface area contributed by atoms with Crippen molar-refractivity contribution < 1.29 is 51.9 Å². The number of carbonyl (C=O) groups is 1. The summed E-state index contributed by atoms with van der Waals surface area (Å²) in [7, 11) is -2.54. The van der Waals surface area contributed by atoms with Gasteiger partial charge in [0.05, 0.1) is 112 Å². The number of ether oxygens (including phenoxy) is 9. The highest BCUT2D eigenvalue weighted by Gasteiger charge is 2.50. The fraction of sp³-hybridized carbons (Fsp3) is 0.667. The first kappa shape index (κ1) is 45.7. The van der Waals surface area contributed by atoms with Crippen LogP contribution < -0.4 is 15.7 Å². The normalized spacial score (nSPS) is 12.3. The highest BCUT2D eigenvalue weighted by molar-refractivity contribution is 6.99. The van der Waals surface area contributed by atoms with Crippen molar-refractivity contribution in [1.82, 2.24) is 5.32 Å². The van der Waals surface area contributed by atoms with E-state index in [-0.39, 0.29) is 5.04 Å². The molecule has 1 amide bonds. The Morgan fingerprint density at radius 3 is 1.10 bits per heavy atom. The van der Waals surface area contributed by atoms with E-state index in [1.807, 2.05) is 20.8 Å². The van der Waals surface area contributed by atoms with Gasteiger partial charge in [0.15, 0.2) is 0 Å². The first-order valence-electron chi connectivity index (χ1n) is 18.4. The van der Waals surface area contributed by atoms with Crippen LogP contribution in [0.5, 0.6) is 0 Å². The Balaban J connectivity index is 1.34. The topological polar surface area (TPSA) is 121 Å². The van der Waals surface area contributed by atoms with Crippen LogP contribution in [0.4, 0.5) is 4.79 Å². The molecule has 0 aromatic heterocycles. The van der Waals surface area contributed by atoms with Gasteiger partial charge in [0.1, 0.15) is 5.60 Å². The molecule has 0 aliphatic carbocycles. The number of alkyl carbamates (subject to hydrolysis) is 1. The molecule has 0 heterocycles. The smallest absolute Gasteiger partial charge is 0.407 e. The Kier molecular flexibility index (Phi) is 23.9. The van der Waals surface area contributed by atoms with E-state index in [0.717, 1.165) is 0 Å². The summed E-state index contributed by atoms with van der Waals surface area (Å²) >= 11 is 0. The van der Waals surface area contributed by atoms with Gasteiger partial charge in [-0.25, -0.2) is 4.79 Å². The number of amides is 1. The van der Waals surface area contributed by atoms with Crippen LogP contribution in [0.2, 0.25) is 5.04 Å². The monoisotopic (exact) mass is 751 g/mol. The predicted octanol–water partition coefficient (Wildman–Crippen LogP) is 4.22. The molecule has 0 fully saturated rings. The van der Waals surface area contributed by atoms with Crippen molar-refractivity contribution in [2.75, 3.05) is 119 Å². The van der Waals surface area contributed by atoms with Crippen LogP contribution in [0.15, 0.2) is 60.7 Å². The Morgan fingerprint density at radius 2 is 0.788 bits per heavy atom. The van der Waals surface area contributed by atoms with Gasteiger partial charge in [0.25, 0.3) is 8.32 Å². The van der Waals surface area contributed by atoms with Crippen molar-refractivity contribution in [2.24, 2.45) is 0 Å². The van der Waals surface area contributed by atoms with Crippen LogP contribution in [0.1, 0.15) is 41.5 Å². The molecule has 0 unspecified atom stereocenters. The van der Waals surface area contributed by atoms with Gasteiger partial charge in [0, 0.05) is 6.54 Å². The van der Waals surface area contributed by atoms with Crippen molar-refractivity contribution in [1.29, 1.82) is 0 Å². The first-order valence-corrected chi connectivity index (χ1v) is 20.3. The summed E-state index contributed by atoms with van der Waals surface area (Å²) in [4.78, 5) is 11.5. The van der Waals surface area contributed by atoms with E-state index in [0.29, 0.717) is 119 Å². The molecule has 0 saturated carbocycles. The lowest BCUT2D eigenvalue weighted by Gasteiger charge is -2.43. The number of nitrogens with one attached hydrogen (secondary N) is 1. The molecule has 0 aliphatic heterocycles. The number of hydrogen-bond donors (Lipinski definition) is 1. The van der Waals surface area contributed by atoms with Crippen LogP contribution in [-0.4, -0.2) is 139 Å². The molecule has 0 atom stereocenters. The van der Waals surface area contributed by atoms with Gasteiger partial charge >= 0.3 is 6.09 Å². The van der Waals surface area contributed by atoms with Gasteiger partial charge in [-0.05, 0) is 36.2 Å². The molecule has 0 bridgehead atoms. The first-order chi connectivity index (χ1) is 25.1. The Labute approximate surface area is 313 Å². The molecule has 0 saturated heterocycles. The van der Waals surface area contributed by atoms with Crippen molar-refractivity contribution in [3.63, 3.8) is 0 Å². The van der Waals surface area contributed by atoms with Gasteiger partial charge in [-0.2, -0.15) is 0 Å². The quantitative estimate of drug-likeness (QED) is 0.0913. The highest BCUT2D eigenvalue weighted by Crippen LogP contribution is 2.36. The third kappa shape index (κ3) is 20.1. The molecule has 12 nitrogen and oxygen atoms in total. The van der Waals surface area contributed by atoms with Gasteiger partial charge in [0.2, 0.25) is 0 Å². The number of rotatable bonds is 30. The summed E-state index contributed by atoms with van der Waals surface area (Å²) in [6, 6.07) is 21.3. The lowest BCUT2D eigenvalue weighted by molar-refractivity contribution is -0.0236. The molecule has 1 N–H and O–H groups in total. The van der Waals surface area contributed by atoms with E-state index < -0.39 is 20.0 Å². The Morgan fingerprint density at radius 1 is 0.481 bits per heavy atom. The van der Waals surface area contributed by atoms with E-state index in [4.69, 9.17) is 47.1 Å². The largest absolute Gasteiger partial charge is 0.444 e. The maximum absolute atomic E-state index is 11.5. The fourth-order valence-corrected chi connectivity index (χ4v) is 9.74. The van der Waals surface area contributed by atoms with Crippen LogP contribution in [0.3, 0.4) is 0 Å². The molecule has 0 aliphatic rings. The zero-order valence-corrected chi connectivity index (χ0v) is 33.5. The van der Waals surface area contributed by atoms with E-state index in [9.17, 15) is 4.79 Å². The molecular formula is C39H65NO11Si. The molecule has 2 aromatic carbocycles. The van der Waals surface area contributed by atoms with Gasteiger partial charge in [-0.15, -0.1) is 0 Å². The summed E-state index contributed by atoms with van der Waals surface area (Å²) in [6.07, 6.45) is -0.451. The van der Waals surface area contributed by atoms with Gasteiger partial charge in [-0.1, -0.05) is 81.4 Å². The summed E-state index contributed by atoms with van der Waals surface area (Å²) in [5, 5.41) is 5.10. The average Bonchev–Trinajstić information content (AvgIpc) is 3.10. The van der Waals surface area contributed by atoms with Crippen molar-refractivity contribution >= 4 is 24.8 Å². The number of benzene rings is 2. The van der Waals surface area contributed by atoms with Crippen LogP contribution >= 0.6 is 0 Å². The van der Waals surface area contributed by atoms with Crippen molar-refractivity contribution in [3.8, 4) is 0 Å². The summed E-state index contributed by atoms with van der Waals surface area (Å²) in [5.74, 6) is 0. The number of carbonyl (C=O) groups excluding carboxylic acids is 1. The van der Waals surface area contributed by atoms with Gasteiger partial charge < -0.3 is 52.4 Å². The minimum absolute atomic E-state index is 0.0594. The Bertz CT molecular complexity index is 1110. The predicted molar refractivity (Wildman–Crippen MR) is 204 cm³/mol. The fourth-order valence-electron chi connectivity index (χ4n) is 5.20. The standard InChI is InChI=1S/C39H65NO11Si/c1-38(2,3)51-37(41)40-17-18-42-19-20-43-21-22-44-23-24-45-25-26-46-27-28-47-29-30-48-31-32-49-33-34-50-52(39(4,5)6,35-13-9-7-10-14-35)36-15-11-8-12-16-36/h7-16H,17-34H2,1-6H3,(H,40,41). The second kappa shape index (κ2) is 27.2. The maximum atomic E-state index is 11.5.